The first-order valence-corrected chi connectivity index (χ1v) is 13.0. The van der Waals surface area contributed by atoms with Crippen LogP contribution in [0.4, 0.5) is 11.4 Å². The molecule has 7 nitrogen and oxygen atoms in total. The number of anilines is 2. The van der Waals surface area contributed by atoms with Crippen LogP contribution >= 0.6 is 11.9 Å². The molecular weight excluding hydrogens is 486 g/mol. The van der Waals surface area contributed by atoms with Gasteiger partial charge in [0.05, 0.1) is 13.2 Å². The predicted octanol–water partition coefficient (Wildman–Crippen LogP) is 6.82. The van der Waals surface area contributed by atoms with Gasteiger partial charge in [-0.05, 0) is 68.6 Å². The Morgan fingerprint density at radius 2 is 1.97 bits per heavy atom. The summed E-state index contributed by atoms with van der Waals surface area (Å²) in [4.78, 5) is 12.3. The minimum Gasteiger partial charge on any atom is -0.507 e. The van der Waals surface area contributed by atoms with Gasteiger partial charge in [-0.25, -0.2) is 0 Å². The smallest absolute Gasteiger partial charge is 0.255 e. The SMILES string of the molecule is C=C/C=C\C(=C\C)CC.CCOC.N=Cc1ccc(NC(=O)c2ccc(N3CCOCS3)cc2)cc1O. The van der Waals surface area contributed by atoms with E-state index < -0.39 is 0 Å². The van der Waals surface area contributed by atoms with Crippen molar-refractivity contribution >= 4 is 35.4 Å². The normalized spacial score (nSPS) is 13.1. The van der Waals surface area contributed by atoms with Crippen molar-refractivity contribution in [2.45, 2.75) is 27.2 Å². The molecule has 0 unspecified atom stereocenters. The Balaban J connectivity index is 0.000000440. The number of benzene rings is 2. The molecule has 1 amide bonds. The number of allylic oxidation sites excluding steroid dienone is 5. The average Bonchev–Trinajstić information content (AvgIpc) is 2.95. The average molecular weight is 526 g/mol. The van der Waals surface area contributed by atoms with E-state index in [9.17, 15) is 9.90 Å². The molecule has 1 aliphatic heterocycles. The molecule has 0 aliphatic carbocycles. The molecule has 0 bridgehead atoms. The van der Waals surface area contributed by atoms with Crippen molar-refractivity contribution in [1.82, 2.24) is 0 Å². The summed E-state index contributed by atoms with van der Waals surface area (Å²) in [5, 5.41) is 19.6. The molecule has 1 aliphatic rings. The van der Waals surface area contributed by atoms with Crippen LogP contribution < -0.4 is 9.62 Å². The summed E-state index contributed by atoms with van der Waals surface area (Å²) in [7, 11) is 1.68. The number of phenolic OH excluding ortho intramolecular Hbond substituents is 1. The first-order valence-electron chi connectivity index (χ1n) is 12.1. The van der Waals surface area contributed by atoms with Crippen LogP contribution in [-0.4, -0.2) is 50.0 Å². The van der Waals surface area contributed by atoms with Crippen molar-refractivity contribution in [3.63, 3.8) is 0 Å². The van der Waals surface area contributed by atoms with Gasteiger partial charge >= 0.3 is 0 Å². The van der Waals surface area contributed by atoms with Gasteiger partial charge in [-0.3, -0.25) is 4.79 Å². The molecule has 3 N–H and O–H groups in total. The fourth-order valence-electron chi connectivity index (χ4n) is 2.91. The fourth-order valence-corrected chi connectivity index (χ4v) is 3.71. The second kappa shape index (κ2) is 18.9. The summed E-state index contributed by atoms with van der Waals surface area (Å²) in [5.74, 6) is 0.345. The van der Waals surface area contributed by atoms with Crippen molar-refractivity contribution in [2.24, 2.45) is 0 Å². The highest BCUT2D eigenvalue weighted by Gasteiger charge is 2.13. The molecule has 0 spiro atoms. The van der Waals surface area contributed by atoms with Gasteiger partial charge in [-0.1, -0.05) is 43.4 Å². The van der Waals surface area contributed by atoms with Gasteiger partial charge in [0.15, 0.2) is 0 Å². The molecular formula is C29H39N3O4S. The molecule has 8 heteroatoms. The van der Waals surface area contributed by atoms with Crippen molar-refractivity contribution in [1.29, 1.82) is 5.41 Å². The number of ether oxygens (including phenoxy) is 2. The number of carbonyl (C=O) groups excluding carboxylic acids is 1. The summed E-state index contributed by atoms with van der Waals surface area (Å²) >= 11 is 1.60. The maximum Gasteiger partial charge on any atom is 0.255 e. The molecule has 0 radical (unpaired) electrons. The van der Waals surface area contributed by atoms with Gasteiger partial charge in [-0.2, -0.15) is 0 Å². The predicted molar refractivity (Wildman–Crippen MR) is 157 cm³/mol. The van der Waals surface area contributed by atoms with Crippen LogP contribution in [0.15, 0.2) is 78.9 Å². The molecule has 1 heterocycles. The maximum absolute atomic E-state index is 12.3. The standard InChI is InChI=1S/C17H17N3O3S.C9H14.C3H8O/c18-10-13-1-4-14(9-16(13)21)19-17(22)12-2-5-15(6-3-12)20-7-8-23-11-24-20;1-4-7-8-9(5-2)6-3;1-3-4-2/h1-6,9-10,18,21H,7-8,11H2,(H,19,22);4-5,7-8H,1,6H2,2-3H3;3H2,1-2H3/b;8-7-,9-5+;. The Hall–Kier alpha value is -3.33. The number of nitrogens with zero attached hydrogens (tertiary/aromatic N) is 1. The van der Waals surface area contributed by atoms with Crippen molar-refractivity contribution in [3.05, 3.63) is 90.0 Å². The first-order chi connectivity index (χ1) is 17.9. The molecule has 1 fully saturated rings. The summed E-state index contributed by atoms with van der Waals surface area (Å²) in [6.07, 6.45) is 10.1. The lowest BCUT2D eigenvalue weighted by molar-refractivity contribution is 0.102. The van der Waals surface area contributed by atoms with Gasteiger partial charge in [0.25, 0.3) is 5.91 Å². The molecule has 37 heavy (non-hydrogen) atoms. The van der Waals surface area contributed by atoms with Gasteiger partial charge in [-0.15, -0.1) is 0 Å². The van der Waals surface area contributed by atoms with E-state index in [1.807, 2.05) is 32.1 Å². The van der Waals surface area contributed by atoms with E-state index >= 15 is 0 Å². The third-order valence-electron chi connectivity index (χ3n) is 5.11. The zero-order valence-corrected chi connectivity index (χ0v) is 23.0. The molecule has 0 aromatic heterocycles. The number of hydrogen-bond donors (Lipinski definition) is 3. The number of hydrogen-bond acceptors (Lipinski definition) is 7. The van der Waals surface area contributed by atoms with Gasteiger partial charge < -0.3 is 29.6 Å². The van der Waals surface area contributed by atoms with Crippen LogP contribution in [0.3, 0.4) is 0 Å². The van der Waals surface area contributed by atoms with E-state index in [4.69, 9.17) is 10.1 Å². The fraction of sp³-hybridized carbons (Fsp3) is 0.310. The topological polar surface area (TPSA) is 94.9 Å². The highest BCUT2D eigenvalue weighted by Crippen LogP contribution is 2.26. The maximum atomic E-state index is 12.3. The second-order valence-electron chi connectivity index (χ2n) is 7.57. The van der Waals surface area contributed by atoms with Crippen LogP contribution in [0.25, 0.3) is 0 Å². The third-order valence-corrected chi connectivity index (χ3v) is 6.08. The van der Waals surface area contributed by atoms with E-state index in [1.165, 1.54) is 11.6 Å². The number of amides is 1. The molecule has 1 saturated heterocycles. The number of carbonyl (C=O) groups is 1. The molecule has 0 atom stereocenters. The number of nitrogens with one attached hydrogen (secondary N) is 2. The quantitative estimate of drug-likeness (QED) is 0.199. The first kappa shape index (κ1) is 31.7. The highest BCUT2D eigenvalue weighted by atomic mass is 32.2. The van der Waals surface area contributed by atoms with Crippen LogP contribution in [-0.2, 0) is 9.47 Å². The minimum atomic E-state index is -0.252. The van der Waals surface area contributed by atoms with Crippen LogP contribution in [0.2, 0.25) is 0 Å². The zero-order valence-electron chi connectivity index (χ0n) is 22.2. The number of phenols is 1. The Bertz CT molecular complexity index is 1030. The Morgan fingerprint density at radius 1 is 1.27 bits per heavy atom. The van der Waals surface area contributed by atoms with Gasteiger partial charge in [0.2, 0.25) is 0 Å². The zero-order chi connectivity index (χ0) is 27.5. The lowest BCUT2D eigenvalue weighted by Crippen LogP contribution is -2.26. The third kappa shape index (κ3) is 12.0. The van der Waals surface area contributed by atoms with E-state index in [0.717, 1.165) is 31.5 Å². The van der Waals surface area contributed by atoms with Gasteiger partial charge in [0.1, 0.15) is 11.7 Å². The van der Waals surface area contributed by atoms with Crippen LogP contribution in [0.5, 0.6) is 5.75 Å². The molecule has 2 aromatic rings. The molecule has 0 saturated carbocycles. The van der Waals surface area contributed by atoms with E-state index in [1.54, 1.807) is 49.4 Å². The molecule has 3 rings (SSSR count). The number of aromatic hydroxyl groups is 1. The lowest BCUT2D eigenvalue weighted by Gasteiger charge is -2.27. The summed E-state index contributed by atoms with van der Waals surface area (Å²) in [5.41, 5.74) is 3.81. The van der Waals surface area contributed by atoms with Gasteiger partial charge in [0, 0.05) is 48.5 Å². The van der Waals surface area contributed by atoms with E-state index in [2.05, 4.69) is 40.0 Å². The highest BCUT2D eigenvalue weighted by molar-refractivity contribution is 8.00. The summed E-state index contributed by atoms with van der Waals surface area (Å²) < 4.78 is 12.0. The van der Waals surface area contributed by atoms with Crippen molar-refractivity contribution in [3.8, 4) is 5.75 Å². The van der Waals surface area contributed by atoms with Crippen LogP contribution in [0, 0.1) is 5.41 Å². The molecule has 2 aromatic carbocycles. The number of rotatable bonds is 8. The van der Waals surface area contributed by atoms with Crippen molar-refractivity contribution < 1.29 is 19.4 Å². The Morgan fingerprint density at radius 3 is 2.46 bits per heavy atom. The minimum absolute atomic E-state index is 0.0394. The molecule has 200 valence electrons. The number of methoxy groups -OCH3 is 1. The summed E-state index contributed by atoms with van der Waals surface area (Å²) in [6.45, 7) is 12.1. The largest absolute Gasteiger partial charge is 0.507 e. The lowest BCUT2D eigenvalue weighted by atomic mass is 10.1. The van der Waals surface area contributed by atoms with Crippen molar-refractivity contribution in [2.75, 3.05) is 42.4 Å². The Labute approximate surface area is 225 Å². The van der Waals surface area contributed by atoms with Crippen LogP contribution in [0.1, 0.15) is 43.1 Å². The summed E-state index contributed by atoms with van der Waals surface area (Å²) in [6, 6.07) is 12.0. The van der Waals surface area contributed by atoms with E-state index in [0.29, 0.717) is 29.4 Å². The monoisotopic (exact) mass is 525 g/mol. The Kier molecular flexibility index (Phi) is 16.2. The second-order valence-corrected chi connectivity index (χ2v) is 8.50. The van der Waals surface area contributed by atoms with E-state index in [-0.39, 0.29) is 11.7 Å².